The van der Waals surface area contributed by atoms with Gasteiger partial charge < -0.3 is 13.9 Å². The molecule has 1 aromatic heterocycles. The molecule has 124 valence electrons. The van der Waals surface area contributed by atoms with E-state index in [9.17, 15) is 4.79 Å². The number of aryl methyl sites for hydroxylation is 1. The Morgan fingerprint density at radius 1 is 1.29 bits per heavy atom. The lowest BCUT2D eigenvalue weighted by Gasteiger charge is -2.10. The summed E-state index contributed by atoms with van der Waals surface area (Å²) < 4.78 is 17.1. The van der Waals surface area contributed by atoms with Gasteiger partial charge in [0.15, 0.2) is 0 Å². The van der Waals surface area contributed by atoms with Gasteiger partial charge in [-0.15, -0.1) is 0 Å². The average Bonchev–Trinajstić information content (AvgIpc) is 2.88. The maximum absolute atomic E-state index is 12.0. The molecule has 2 aromatic carbocycles. The molecule has 0 bridgehead atoms. The molecule has 0 aliphatic heterocycles. The molecule has 4 nitrogen and oxygen atoms in total. The topological polar surface area (TPSA) is 48.7 Å². The van der Waals surface area contributed by atoms with Gasteiger partial charge in [-0.2, -0.15) is 0 Å². The minimum absolute atomic E-state index is 0.314. The zero-order valence-electron chi connectivity index (χ0n) is 13.1. The first-order valence-electron chi connectivity index (χ1n) is 7.18. The van der Waals surface area contributed by atoms with Gasteiger partial charge in [-0.05, 0) is 41.1 Å². The molecule has 0 saturated carbocycles. The van der Waals surface area contributed by atoms with Crippen molar-refractivity contribution >= 4 is 44.5 Å². The fourth-order valence-corrected chi connectivity index (χ4v) is 3.09. The summed E-state index contributed by atoms with van der Waals surface area (Å²) in [6, 6.07) is 11.0. The van der Waals surface area contributed by atoms with Gasteiger partial charge in [0, 0.05) is 16.0 Å². The second-order valence-corrected chi connectivity index (χ2v) is 6.45. The molecule has 0 aliphatic carbocycles. The first-order chi connectivity index (χ1) is 11.5. The number of rotatable bonds is 4. The van der Waals surface area contributed by atoms with Crippen molar-refractivity contribution in [2.75, 3.05) is 7.11 Å². The molecule has 6 heteroatoms. The first kappa shape index (κ1) is 16.9. The number of furan rings is 1. The maximum atomic E-state index is 12.0. The van der Waals surface area contributed by atoms with Gasteiger partial charge in [-0.25, -0.2) is 4.79 Å². The third-order valence-electron chi connectivity index (χ3n) is 3.65. The lowest BCUT2D eigenvalue weighted by Crippen LogP contribution is -2.02. The SMILES string of the molecule is COC(=O)c1c(C)oc2cc(Br)c(OCc3ccccc3Cl)cc12. The molecule has 0 N–H and O–H groups in total. The highest BCUT2D eigenvalue weighted by molar-refractivity contribution is 9.10. The van der Waals surface area contributed by atoms with E-state index in [0.29, 0.717) is 39.7 Å². The lowest BCUT2D eigenvalue weighted by atomic mass is 10.1. The Labute approximate surface area is 152 Å². The molecule has 0 fully saturated rings. The number of hydrogen-bond donors (Lipinski definition) is 0. The van der Waals surface area contributed by atoms with Crippen molar-refractivity contribution in [3.63, 3.8) is 0 Å². The van der Waals surface area contributed by atoms with E-state index < -0.39 is 5.97 Å². The van der Waals surface area contributed by atoms with Crippen LogP contribution in [0, 0.1) is 6.92 Å². The maximum Gasteiger partial charge on any atom is 0.342 e. The normalized spacial score (nSPS) is 10.8. The molecule has 0 saturated heterocycles. The van der Waals surface area contributed by atoms with Crippen LogP contribution in [0.1, 0.15) is 21.7 Å². The van der Waals surface area contributed by atoms with Crippen LogP contribution in [0.15, 0.2) is 45.3 Å². The number of carbonyl (C=O) groups is 1. The number of halogens is 2. The van der Waals surface area contributed by atoms with E-state index in [2.05, 4.69) is 15.9 Å². The van der Waals surface area contributed by atoms with Gasteiger partial charge >= 0.3 is 5.97 Å². The third kappa shape index (κ3) is 3.14. The summed E-state index contributed by atoms with van der Waals surface area (Å²) in [5.74, 6) is 0.658. The minimum Gasteiger partial charge on any atom is -0.488 e. The van der Waals surface area contributed by atoms with E-state index in [1.54, 1.807) is 19.1 Å². The Hall–Kier alpha value is -1.98. The quantitative estimate of drug-likeness (QED) is 0.532. The highest BCUT2D eigenvalue weighted by atomic mass is 79.9. The van der Waals surface area contributed by atoms with Crippen LogP contribution in [0.25, 0.3) is 11.0 Å². The van der Waals surface area contributed by atoms with Crippen LogP contribution in [0.2, 0.25) is 5.02 Å². The van der Waals surface area contributed by atoms with E-state index >= 15 is 0 Å². The number of carbonyl (C=O) groups excluding carboxylic acids is 1. The second kappa shape index (κ2) is 6.87. The van der Waals surface area contributed by atoms with Crippen LogP contribution in [0.3, 0.4) is 0 Å². The zero-order valence-corrected chi connectivity index (χ0v) is 15.4. The number of benzene rings is 2. The van der Waals surface area contributed by atoms with Crippen LogP contribution < -0.4 is 4.74 Å². The van der Waals surface area contributed by atoms with Crippen molar-refractivity contribution in [3.05, 3.63) is 62.8 Å². The molecule has 0 spiro atoms. The summed E-state index contributed by atoms with van der Waals surface area (Å²) in [4.78, 5) is 12.0. The highest BCUT2D eigenvalue weighted by Crippen LogP contribution is 2.35. The van der Waals surface area contributed by atoms with Crippen molar-refractivity contribution in [1.29, 1.82) is 0 Å². The molecule has 0 radical (unpaired) electrons. The standard InChI is InChI=1S/C18H14BrClO4/c1-10-17(18(21)22-2)12-7-16(13(19)8-15(12)24-10)23-9-11-5-3-4-6-14(11)20/h3-8H,9H2,1-2H3. The van der Waals surface area contributed by atoms with E-state index in [1.165, 1.54) is 7.11 Å². The molecule has 24 heavy (non-hydrogen) atoms. The van der Waals surface area contributed by atoms with Crippen LogP contribution in [0.4, 0.5) is 0 Å². The predicted molar refractivity (Wildman–Crippen MR) is 95.8 cm³/mol. The van der Waals surface area contributed by atoms with Crippen LogP contribution in [-0.2, 0) is 11.3 Å². The summed E-state index contributed by atoms with van der Waals surface area (Å²) in [5.41, 5.74) is 1.87. The van der Waals surface area contributed by atoms with Crippen molar-refractivity contribution < 1.29 is 18.7 Å². The Morgan fingerprint density at radius 3 is 2.75 bits per heavy atom. The Kier molecular flexibility index (Phi) is 4.83. The largest absolute Gasteiger partial charge is 0.488 e. The summed E-state index contributed by atoms with van der Waals surface area (Å²) in [6.45, 7) is 2.04. The van der Waals surface area contributed by atoms with Crippen LogP contribution >= 0.6 is 27.5 Å². The summed E-state index contributed by atoms with van der Waals surface area (Å²) in [6.07, 6.45) is 0. The third-order valence-corrected chi connectivity index (χ3v) is 4.64. The van der Waals surface area contributed by atoms with E-state index in [4.69, 9.17) is 25.5 Å². The van der Waals surface area contributed by atoms with Gasteiger partial charge in [0.05, 0.1) is 11.6 Å². The van der Waals surface area contributed by atoms with Gasteiger partial charge in [0.25, 0.3) is 0 Å². The first-order valence-corrected chi connectivity index (χ1v) is 8.35. The lowest BCUT2D eigenvalue weighted by molar-refractivity contribution is 0.0601. The molecule has 1 heterocycles. The van der Waals surface area contributed by atoms with Crippen molar-refractivity contribution in [2.45, 2.75) is 13.5 Å². The van der Waals surface area contributed by atoms with Crippen LogP contribution in [0.5, 0.6) is 5.75 Å². The molecule has 0 aliphatic rings. The molecule has 3 rings (SSSR count). The fraction of sp³-hybridized carbons (Fsp3) is 0.167. The molecule has 0 amide bonds. The molecule has 0 atom stereocenters. The Balaban J connectivity index is 1.98. The van der Waals surface area contributed by atoms with Gasteiger partial charge in [0.1, 0.15) is 29.3 Å². The second-order valence-electron chi connectivity index (χ2n) is 5.18. The Bertz CT molecular complexity index is 917. The molecule has 3 aromatic rings. The van der Waals surface area contributed by atoms with Gasteiger partial charge in [-0.1, -0.05) is 29.8 Å². The minimum atomic E-state index is -0.439. The Morgan fingerprint density at radius 2 is 2.04 bits per heavy atom. The molecular weight excluding hydrogens is 396 g/mol. The number of fused-ring (bicyclic) bond motifs is 1. The van der Waals surface area contributed by atoms with E-state index in [-0.39, 0.29) is 0 Å². The van der Waals surface area contributed by atoms with Crippen molar-refractivity contribution in [2.24, 2.45) is 0 Å². The fourth-order valence-electron chi connectivity index (χ4n) is 2.46. The monoisotopic (exact) mass is 408 g/mol. The smallest absolute Gasteiger partial charge is 0.342 e. The average molecular weight is 410 g/mol. The van der Waals surface area contributed by atoms with Crippen molar-refractivity contribution in [1.82, 2.24) is 0 Å². The number of methoxy groups -OCH3 is 1. The highest BCUT2D eigenvalue weighted by Gasteiger charge is 2.20. The summed E-state index contributed by atoms with van der Waals surface area (Å²) >= 11 is 9.61. The van der Waals surface area contributed by atoms with Gasteiger partial charge in [-0.3, -0.25) is 0 Å². The number of esters is 1. The number of ether oxygens (including phenoxy) is 2. The summed E-state index contributed by atoms with van der Waals surface area (Å²) in [5, 5.41) is 1.29. The van der Waals surface area contributed by atoms with E-state index in [1.807, 2.05) is 24.3 Å². The molecular formula is C18H14BrClO4. The predicted octanol–water partition coefficient (Wildman–Crippen LogP) is 5.52. The van der Waals surface area contributed by atoms with Crippen LogP contribution in [-0.4, -0.2) is 13.1 Å². The van der Waals surface area contributed by atoms with E-state index in [0.717, 1.165) is 10.0 Å². The number of hydrogen-bond acceptors (Lipinski definition) is 4. The molecule has 0 unspecified atom stereocenters. The van der Waals surface area contributed by atoms with Crippen molar-refractivity contribution in [3.8, 4) is 5.75 Å². The zero-order chi connectivity index (χ0) is 17.3. The van der Waals surface area contributed by atoms with Gasteiger partial charge in [0.2, 0.25) is 0 Å². The summed E-state index contributed by atoms with van der Waals surface area (Å²) in [7, 11) is 1.34.